The highest BCUT2D eigenvalue weighted by molar-refractivity contribution is 5.90. The lowest BCUT2D eigenvalue weighted by atomic mass is 10.1. The number of rotatable bonds is 6. The van der Waals surface area contributed by atoms with Crippen molar-refractivity contribution in [2.24, 2.45) is 0 Å². The summed E-state index contributed by atoms with van der Waals surface area (Å²) in [5.74, 6) is 0.673. The Morgan fingerprint density at radius 2 is 1.90 bits per heavy atom. The molecule has 0 amide bonds. The van der Waals surface area contributed by atoms with E-state index in [2.05, 4.69) is 16.0 Å². The molecule has 6 nitrogen and oxygen atoms in total. The third-order valence-corrected chi connectivity index (χ3v) is 4.39. The van der Waals surface area contributed by atoms with Gasteiger partial charge in [-0.3, -0.25) is 0 Å². The maximum absolute atomic E-state index is 11.5. The van der Waals surface area contributed by atoms with Crippen molar-refractivity contribution in [1.82, 2.24) is 9.97 Å². The number of nitriles is 1. The number of benzene rings is 2. The SMILES string of the molecule is Cc1cc2nc(/C(C#N)=C\c3ccc(OCC(=O)OC(C)C)cc3)[nH]c2cc1C. The average Bonchev–Trinajstić information content (AvgIpc) is 3.07. The monoisotopic (exact) mass is 389 g/mol. The van der Waals surface area contributed by atoms with Crippen LogP contribution >= 0.6 is 0 Å². The number of nitrogens with one attached hydrogen (secondary N) is 1. The summed E-state index contributed by atoms with van der Waals surface area (Å²) in [7, 11) is 0. The number of imidazole rings is 1. The molecule has 0 aliphatic rings. The van der Waals surface area contributed by atoms with Crippen LogP contribution in [0.5, 0.6) is 5.75 Å². The number of hydrogen-bond acceptors (Lipinski definition) is 5. The summed E-state index contributed by atoms with van der Waals surface area (Å²) in [6.07, 6.45) is 1.59. The molecule has 0 fully saturated rings. The lowest BCUT2D eigenvalue weighted by molar-refractivity contribution is -0.149. The van der Waals surface area contributed by atoms with E-state index in [-0.39, 0.29) is 12.7 Å². The van der Waals surface area contributed by atoms with Crippen LogP contribution in [0, 0.1) is 25.2 Å². The Bertz CT molecular complexity index is 1060. The van der Waals surface area contributed by atoms with Crippen molar-refractivity contribution in [1.29, 1.82) is 5.26 Å². The van der Waals surface area contributed by atoms with Gasteiger partial charge in [-0.15, -0.1) is 0 Å². The Kier molecular flexibility index (Phi) is 5.99. The van der Waals surface area contributed by atoms with E-state index < -0.39 is 5.97 Å². The number of nitrogens with zero attached hydrogens (tertiary/aromatic N) is 2. The van der Waals surface area contributed by atoms with E-state index in [0.29, 0.717) is 17.1 Å². The Morgan fingerprint density at radius 1 is 1.21 bits per heavy atom. The van der Waals surface area contributed by atoms with Crippen molar-refractivity contribution < 1.29 is 14.3 Å². The molecule has 0 aliphatic carbocycles. The molecule has 1 N–H and O–H groups in total. The Morgan fingerprint density at radius 3 is 2.55 bits per heavy atom. The topological polar surface area (TPSA) is 88.0 Å². The number of fused-ring (bicyclic) bond motifs is 1. The maximum atomic E-state index is 11.5. The van der Waals surface area contributed by atoms with Gasteiger partial charge in [0.25, 0.3) is 0 Å². The zero-order chi connectivity index (χ0) is 21.0. The van der Waals surface area contributed by atoms with Crippen molar-refractivity contribution in [2.45, 2.75) is 33.8 Å². The van der Waals surface area contributed by atoms with Crippen molar-refractivity contribution in [3.8, 4) is 11.8 Å². The molecule has 1 heterocycles. The molecule has 2 aromatic carbocycles. The van der Waals surface area contributed by atoms with E-state index in [1.54, 1.807) is 32.1 Å². The molecule has 148 valence electrons. The number of hydrogen-bond donors (Lipinski definition) is 1. The third kappa shape index (κ3) is 5.02. The van der Waals surface area contributed by atoms with Gasteiger partial charge < -0.3 is 14.5 Å². The molecular weight excluding hydrogens is 366 g/mol. The molecule has 0 aliphatic heterocycles. The molecule has 6 heteroatoms. The number of ether oxygens (including phenoxy) is 2. The van der Waals surface area contributed by atoms with Gasteiger partial charge >= 0.3 is 5.97 Å². The Balaban J connectivity index is 1.76. The fraction of sp³-hybridized carbons (Fsp3) is 0.261. The molecule has 29 heavy (non-hydrogen) atoms. The van der Waals surface area contributed by atoms with Crippen LogP contribution in [0.3, 0.4) is 0 Å². The van der Waals surface area contributed by atoms with Crippen LogP contribution in [-0.2, 0) is 9.53 Å². The van der Waals surface area contributed by atoms with Crippen LogP contribution in [0.2, 0.25) is 0 Å². The summed E-state index contributed by atoms with van der Waals surface area (Å²) in [6.45, 7) is 7.51. The number of aromatic amines is 1. The van der Waals surface area contributed by atoms with Crippen LogP contribution in [0.15, 0.2) is 36.4 Å². The number of aromatic nitrogens is 2. The van der Waals surface area contributed by atoms with Gasteiger partial charge in [-0.25, -0.2) is 9.78 Å². The van der Waals surface area contributed by atoms with Gasteiger partial charge in [-0.2, -0.15) is 5.26 Å². The predicted octanol–water partition coefficient (Wildman–Crippen LogP) is 4.57. The Labute approximate surface area is 169 Å². The van der Waals surface area contributed by atoms with Crippen molar-refractivity contribution in [2.75, 3.05) is 6.61 Å². The minimum atomic E-state index is -0.411. The van der Waals surface area contributed by atoms with Crippen LogP contribution in [0.1, 0.15) is 36.4 Å². The number of H-pyrrole nitrogens is 1. The van der Waals surface area contributed by atoms with Gasteiger partial charge in [0.15, 0.2) is 6.61 Å². The first-order chi connectivity index (χ1) is 13.9. The molecule has 3 rings (SSSR count). The number of esters is 1. The largest absolute Gasteiger partial charge is 0.482 e. The summed E-state index contributed by atoms with van der Waals surface area (Å²) < 4.78 is 10.5. The Hall–Kier alpha value is -3.59. The fourth-order valence-corrected chi connectivity index (χ4v) is 2.82. The normalized spacial score (nSPS) is 11.5. The molecular formula is C23H23N3O3. The molecule has 3 aromatic rings. The van der Waals surface area contributed by atoms with Crippen molar-refractivity contribution >= 4 is 28.7 Å². The summed E-state index contributed by atoms with van der Waals surface area (Å²) in [6, 6.07) is 13.4. The molecule has 0 spiro atoms. The van der Waals surface area contributed by atoms with Crippen LogP contribution in [-0.4, -0.2) is 28.6 Å². The molecule has 0 saturated carbocycles. The lowest BCUT2D eigenvalue weighted by Gasteiger charge is -2.09. The van der Waals surface area contributed by atoms with E-state index in [1.807, 2.05) is 38.1 Å². The number of carbonyl (C=O) groups is 1. The number of aryl methyl sites for hydroxylation is 2. The zero-order valence-electron chi connectivity index (χ0n) is 16.9. The van der Waals surface area contributed by atoms with E-state index in [9.17, 15) is 10.1 Å². The first-order valence-corrected chi connectivity index (χ1v) is 9.37. The highest BCUT2D eigenvalue weighted by atomic mass is 16.6. The second kappa shape index (κ2) is 8.61. The molecule has 0 atom stereocenters. The molecule has 1 aromatic heterocycles. The first-order valence-electron chi connectivity index (χ1n) is 9.37. The van der Waals surface area contributed by atoms with Gasteiger partial charge in [0.2, 0.25) is 0 Å². The minimum absolute atomic E-state index is 0.144. The molecule has 0 bridgehead atoms. The maximum Gasteiger partial charge on any atom is 0.344 e. The van der Waals surface area contributed by atoms with Gasteiger partial charge in [0, 0.05) is 0 Å². The van der Waals surface area contributed by atoms with E-state index >= 15 is 0 Å². The standard InChI is InChI=1S/C23H23N3O3/c1-14(2)29-22(27)13-28-19-7-5-17(6-8-19)11-18(12-24)23-25-20-9-15(3)16(4)10-21(20)26-23/h5-11,14H,13H2,1-4H3,(H,25,26)/b18-11-. The van der Waals surface area contributed by atoms with Gasteiger partial charge in [0.1, 0.15) is 17.6 Å². The summed E-state index contributed by atoms with van der Waals surface area (Å²) in [5.41, 5.74) is 5.33. The quantitative estimate of drug-likeness (QED) is 0.493. The summed E-state index contributed by atoms with van der Waals surface area (Å²) in [5, 5.41) is 9.59. The zero-order valence-corrected chi connectivity index (χ0v) is 16.9. The predicted molar refractivity (Wildman–Crippen MR) is 112 cm³/mol. The number of carbonyl (C=O) groups excluding carboxylic acids is 1. The first kappa shape index (κ1) is 20.2. The van der Waals surface area contributed by atoms with E-state index in [4.69, 9.17) is 9.47 Å². The fourth-order valence-electron chi connectivity index (χ4n) is 2.82. The van der Waals surface area contributed by atoms with E-state index in [0.717, 1.165) is 22.2 Å². The van der Waals surface area contributed by atoms with Gasteiger partial charge in [0.05, 0.1) is 22.7 Å². The minimum Gasteiger partial charge on any atom is -0.482 e. The highest BCUT2D eigenvalue weighted by Crippen LogP contribution is 2.22. The molecule has 0 saturated heterocycles. The van der Waals surface area contributed by atoms with Crippen molar-refractivity contribution in [3.63, 3.8) is 0 Å². The second-order valence-electron chi connectivity index (χ2n) is 7.11. The van der Waals surface area contributed by atoms with Crippen LogP contribution in [0.4, 0.5) is 0 Å². The average molecular weight is 389 g/mol. The lowest BCUT2D eigenvalue weighted by Crippen LogP contribution is -2.18. The molecule has 0 unspecified atom stereocenters. The van der Waals surface area contributed by atoms with Gasteiger partial charge in [-0.1, -0.05) is 12.1 Å². The number of allylic oxidation sites excluding steroid dienone is 1. The summed E-state index contributed by atoms with van der Waals surface area (Å²) in [4.78, 5) is 19.3. The summed E-state index contributed by atoms with van der Waals surface area (Å²) >= 11 is 0. The second-order valence-corrected chi connectivity index (χ2v) is 7.11. The van der Waals surface area contributed by atoms with Crippen LogP contribution in [0.25, 0.3) is 22.7 Å². The molecule has 0 radical (unpaired) electrons. The van der Waals surface area contributed by atoms with Crippen LogP contribution < -0.4 is 4.74 Å². The third-order valence-electron chi connectivity index (χ3n) is 4.39. The van der Waals surface area contributed by atoms with Crippen molar-refractivity contribution in [3.05, 3.63) is 58.9 Å². The highest BCUT2D eigenvalue weighted by Gasteiger charge is 2.10. The van der Waals surface area contributed by atoms with Gasteiger partial charge in [-0.05, 0) is 74.7 Å². The smallest absolute Gasteiger partial charge is 0.344 e. The van der Waals surface area contributed by atoms with E-state index in [1.165, 1.54) is 5.56 Å².